The third-order valence-corrected chi connectivity index (χ3v) is 4.14. The molecule has 106 valence electrons. The van der Waals surface area contributed by atoms with Crippen molar-refractivity contribution in [2.45, 2.75) is 25.7 Å². The number of nitrogens with two attached hydrogens (primary N) is 1. The molecule has 2 rings (SSSR count). The van der Waals surface area contributed by atoms with Gasteiger partial charge in [-0.1, -0.05) is 0 Å². The van der Waals surface area contributed by atoms with Gasteiger partial charge in [0.25, 0.3) is 0 Å². The summed E-state index contributed by atoms with van der Waals surface area (Å²) in [5.74, 6) is -0.771. The van der Waals surface area contributed by atoms with Gasteiger partial charge in [0.15, 0.2) is 0 Å². The number of carbonyl (C=O) groups excluding carboxylic acids is 3. The molecule has 6 heteroatoms. The Balaban J connectivity index is 1.96. The van der Waals surface area contributed by atoms with Crippen LogP contribution in [-0.2, 0) is 14.4 Å². The maximum absolute atomic E-state index is 12.4. The lowest BCUT2D eigenvalue weighted by molar-refractivity contribution is -0.146. The van der Waals surface area contributed by atoms with Gasteiger partial charge in [0.05, 0.1) is 5.92 Å². The van der Waals surface area contributed by atoms with E-state index in [9.17, 15) is 14.4 Å². The van der Waals surface area contributed by atoms with E-state index in [1.165, 1.54) is 0 Å². The van der Waals surface area contributed by atoms with Crippen LogP contribution in [0, 0.1) is 11.8 Å². The van der Waals surface area contributed by atoms with Crippen molar-refractivity contribution in [3.05, 3.63) is 0 Å². The maximum Gasteiger partial charge on any atom is 0.226 e. The minimum atomic E-state index is -0.336. The van der Waals surface area contributed by atoms with Crippen molar-refractivity contribution in [1.82, 2.24) is 9.80 Å². The Labute approximate surface area is 112 Å². The van der Waals surface area contributed by atoms with Gasteiger partial charge in [-0.25, -0.2) is 0 Å². The number of hydrogen-bond donors (Lipinski definition) is 1. The fourth-order valence-electron chi connectivity index (χ4n) is 2.82. The molecule has 0 bridgehead atoms. The predicted octanol–water partition coefficient (Wildman–Crippen LogP) is -0.421. The number of piperidine rings is 2. The quantitative estimate of drug-likeness (QED) is 0.737. The van der Waals surface area contributed by atoms with Crippen LogP contribution in [0.15, 0.2) is 0 Å². The maximum atomic E-state index is 12.4. The van der Waals surface area contributed by atoms with Crippen LogP contribution in [0.3, 0.4) is 0 Å². The van der Waals surface area contributed by atoms with Crippen LogP contribution in [0.4, 0.5) is 0 Å². The number of primary amides is 1. The van der Waals surface area contributed by atoms with E-state index in [4.69, 9.17) is 5.73 Å². The predicted molar refractivity (Wildman–Crippen MR) is 68.9 cm³/mol. The topological polar surface area (TPSA) is 83.7 Å². The van der Waals surface area contributed by atoms with Gasteiger partial charge in [-0.15, -0.1) is 0 Å². The molecule has 2 aliphatic rings. The molecule has 2 aliphatic heterocycles. The molecule has 0 aromatic heterocycles. The highest BCUT2D eigenvalue weighted by molar-refractivity contribution is 5.87. The van der Waals surface area contributed by atoms with Crippen LogP contribution in [0.1, 0.15) is 25.7 Å². The average Bonchev–Trinajstić information content (AvgIpc) is 2.41. The molecule has 0 saturated carbocycles. The fourth-order valence-corrected chi connectivity index (χ4v) is 2.82. The first-order valence-corrected chi connectivity index (χ1v) is 6.81. The van der Waals surface area contributed by atoms with Crippen LogP contribution in [-0.4, -0.2) is 54.2 Å². The van der Waals surface area contributed by atoms with Crippen molar-refractivity contribution in [2.75, 3.05) is 26.7 Å². The summed E-state index contributed by atoms with van der Waals surface area (Å²) in [6, 6.07) is 0. The molecule has 0 aromatic carbocycles. The number of carbonyl (C=O) groups is 3. The molecule has 0 aliphatic carbocycles. The number of nitrogens with zero attached hydrogens (tertiary/aromatic N) is 2. The second kappa shape index (κ2) is 5.59. The standard InChI is InChI=1S/C13H21N3O3/c1-15-6-4-9(7-11(15)17)13(19)16-5-2-3-10(8-16)12(14)18/h9-10H,2-8H2,1H3,(H2,14,18)/t9-,10+/m0/s1. The Morgan fingerprint density at radius 2 is 1.95 bits per heavy atom. The van der Waals surface area contributed by atoms with E-state index >= 15 is 0 Å². The van der Waals surface area contributed by atoms with E-state index in [0.29, 0.717) is 26.1 Å². The lowest BCUT2D eigenvalue weighted by Crippen LogP contribution is -2.48. The van der Waals surface area contributed by atoms with Crippen molar-refractivity contribution in [2.24, 2.45) is 17.6 Å². The molecule has 2 heterocycles. The SMILES string of the molecule is CN1CC[C@H](C(=O)N2CCC[C@@H](C(N)=O)C2)CC1=O. The Hall–Kier alpha value is -1.59. The van der Waals surface area contributed by atoms with Crippen molar-refractivity contribution in [1.29, 1.82) is 0 Å². The first-order valence-electron chi connectivity index (χ1n) is 6.81. The molecule has 2 atom stereocenters. The Morgan fingerprint density at radius 1 is 1.21 bits per heavy atom. The summed E-state index contributed by atoms with van der Waals surface area (Å²) in [6.45, 7) is 1.71. The van der Waals surface area contributed by atoms with Gasteiger partial charge in [-0.05, 0) is 19.3 Å². The van der Waals surface area contributed by atoms with Gasteiger partial charge in [0, 0.05) is 39.0 Å². The monoisotopic (exact) mass is 267 g/mol. The zero-order valence-electron chi connectivity index (χ0n) is 11.3. The highest BCUT2D eigenvalue weighted by Crippen LogP contribution is 2.23. The second-order valence-corrected chi connectivity index (χ2v) is 5.53. The van der Waals surface area contributed by atoms with Crippen LogP contribution < -0.4 is 5.73 Å². The van der Waals surface area contributed by atoms with Gasteiger partial charge in [-0.3, -0.25) is 14.4 Å². The van der Waals surface area contributed by atoms with E-state index < -0.39 is 0 Å². The number of rotatable bonds is 2. The van der Waals surface area contributed by atoms with Crippen LogP contribution in [0.5, 0.6) is 0 Å². The summed E-state index contributed by atoms with van der Waals surface area (Å²) in [4.78, 5) is 38.6. The largest absolute Gasteiger partial charge is 0.369 e. The third kappa shape index (κ3) is 3.05. The third-order valence-electron chi connectivity index (χ3n) is 4.14. The molecule has 0 radical (unpaired) electrons. The van der Waals surface area contributed by atoms with E-state index in [1.807, 2.05) is 0 Å². The minimum Gasteiger partial charge on any atom is -0.369 e. The first-order chi connectivity index (χ1) is 8.99. The molecule has 0 spiro atoms. The van der Waals surface area contributed by atoms with E-state index in [-0.39, 0.29) is 36.0 Å². The summed E-state index contributed by atoms with van der Waals surface area (Å²) in [7, 11) is 1.76. The van der Waals surface area contributed by atoms with Crippen LogP contribution >= 0.6 is 0 Å². The van der Waals surface area contributed by atoms with E-state index in [1.54, 1.807) is 16.8 Å². The van der Waals surface area contributed by atoms with Crippen LogP contribution in [0.25, 0.3) is 0 Å². The highest BCUT2D eigenvalue weighted by Gasteiger charge is 2.34. The molecule has 19 heavy (non-hydrogen) atoms. The van der Waals surface area contributed by atoms with Gasteiger partial charge < -0.3 is 15.5 Å². The molecular formula is C13H21N3O3. The summed E-state index contributed by atoms with van der Waals surface area (Å²) in [5, 5.41) is 0. The van der Waals surface area contributed by atoms with E-state index in [2.05, 4.69) is 0 Å². The Bertz CT molecular complexity index is 397. The lowest BCUT2D eigenvalue weighted by atomic mass is 9.92. The zero-order valence-corrected chi connectivity index (χ0v) is 11.3. The molecule has 0 unspecified atom stereocenters. The number of likely N-dealkylation sites (tertiary alicyclic amines) is 2. The van der Waals surface area contributed by atoms with Gasteiger partial charge in [0.2, 0.25) is 17.7 Å². The molecule has 6 nitrogen and oxygen atoms in total. The normalized spacial score (nSPS) is 28.4. The fraction of sp³-hybridized carbons (Fsp3) is 0.769. The Morgan fingerprint density at radius 3 is 2.58 bits per heavy atom. The smallest absolute Gasteiger partial charge is 0.226 e. The summed E-state index contributed by atoms with van der Waals surface area (Å²) in [6.07, 6.45) is 2.55. The van der Waals surface area contributed by atoms with Gasteiger partial charge >= 0.3 is 0 Å². The van der Waals surface area contributed by atoms with Gasteiger partial charge in [0.1, 0.15) is 0 Å². The highest BCUT2D eigenvalue weighted by atomic mass is 16.2. The van der Waals surface area contributed by atoms with E-state index in [0.717, 1.165) is 12.8 Å². The number of hydrogen-bond acceptors (Lipinski definition) is 3. The summed E-state index contributed by atoms with van der Waals surface area (Å²) in [5.41, 5.74) is 5.31. The molecule has 2 saturated heterocycles. The Kier molecular flexibility index (Phi) is 4.07. The lowest BCUT2D eigenvalue weighted by Gasteiger charge is -2.36. The summed E-state index contributed by atoms with van der Waals surface area (Å²) < 4.78 is 0. The number of amides is 3. The van der Waals surface area contributed by atoms with Crippen molar-refractivity contribution in [3.8, 4) is 0 Å². The minimum absolute atomic E-state index is 0.00685. The van der Waals surface area contributed by atoms with Gasteiger partial charge in [-0.2, -0.15) is 0 Å². The average molecular weight is 267 g/mol. The summed E-state index contributed by atoms with van der Waals surface area (Å²) >= 11 is 0. The molecule has 2 N–H and O–H groups in total. The molecule has 0 aromatic rings. The van der Waals surface area contributed by atoms with Crippen molar-refractivity contribution < 1.29 is 14.4 Å². The van der Waals surface area contributed by atoms with Crippen molar-refractivity contribution >= 4 is 17.7 Å². The molecule has 3 amide bonds. The molecular weight excluding hydrogens is 246 g/mol. The van der Waals surface area contributed by atoms with Crippen LogP contribution in [0.2, 0.25) is 0 Å². The second-order valence-electron chi connectivity index (χ2n) is 5.53. The molecule has 2 fully saturated rings. The zero-order chi connectivity index (χ0) is 14.0. The first kappa shape index (κ1) is 13.8. The van der Waals surface area contributed by atoms with Crippen molar-refractivity contribution in [3.63, 3.8) is 0 Å².